The van der Waals surface area contributed by atoms with Gasteiger partial charge in [-0.3, -0.25) is 4.79 Å². The van der Waals surface area contributed by atoms with Crippen LogP contribution in [0.2, 0.25) is 0 Å². The minimum Gasteiger partial charge on any atom is -0.467 e. The average Bonchev–Trinajstić information content (AvgIpc) is 2.04. The number of hydrogen-bond acceptors (Lipinski definition) is 2. The maximum atomic E-state index is 11.3. The van der Waals surface area contributed by atoms with Crippen molar-refractivity contribution in [3.63, 3.8) is 0 Å². The molecule has 2 aromatic rings. The highest BCUT2D eigenvalue weighted by atomic mass is 28.1. The smallest absolute Gasteiger partial charge is 0.192 e. The van der Waals surface area contributed by atoms with Crippen molar-refractivity contribution in [2.45, 2.75) is 0 Å². The number of fused-ring (bicyclic) bond motifs is 1. The van der Waals surface area contributed by atoms with Gasteiger partial charge in [-0.1, -0.05) is 12.1 Å². The summed E-state index contributed by atoms with van der Waals surface area (Å²) in [6.07, 6.45) is 0. The van der Waals surface area contributed by atoms with E-state index >= 15 is 0 Å². The summed E-state index contributed by atoms with van der Waals surface area (Å²) in [7, 11) is 3.17. The van der Waals surface area contributed by atoms with Gasteiger partial charge in [-0.2, -0.15) is 0 Å². The fraction of sp³-hybridized carbons (Fsp3) is 0. The van der Waals surface area contributed by atoms with Crippen LogP contribution in [0.1, 0.15) is 0 Å². The van der Waals surface area contributed by atoms with Gasteiger partial charge in [-0.25, -0.2) is 0 Å². The Morgan fingerprint density at radius 2 is 2.00 bits per heavy atom. The molecule has 0 saturated heterocycles. The summed E-state index contributed by atoms with van der Waals surface area (Å²) in [6.45, 7) is 0. The van der Waals surface area contributed by atoms with Gasteiger partial charge in [0.2, 0.25) is 0 Å². The molecule has 0 aliphatic rings. The summed E-state index contributed by atoms with van der Waals surface area (Å²) in [5, 5.41) is 1.07. The van der Waals surface area contributed by atoms with Crippen LogP contribution >= 0.6 is 0 Å². The number of para-hydroxylation sites is 1. The van der Waals surface area contributed by atoms with E-state index in [0.29, 0.717) is 16.4 Å². The van der Waals surface area contributed by atoms with E-state index in [1.54, 1.807) is 12.1 Å². The monoisotopic (exact) mass is 173 g/mol. The highest BCUT2D eigenvalue weighted by Crippen LogP contribution is 2.05. The van der Waals surface area contributed by atoms with Crippen molar-refractivity contribution < 1.29 is 4.42 Å². The lowest BCUT2D eigenvalue weighted by molar-refractivity contribution is 0.641. The molecule has 0 amide bonds. The molecule has 0 saturated carbocycles. The van der Waals surface area contributed by atoms with E-state index in [2.05, 4.69) is 10.2 Å². The Kier molecular flexibility index (Phi) is 1.58. The molecule has 0 atom stereocenters. The van der Waals surface area contributed by atoms with Crippen molar-refractivity contribution in [1.29, 1.82) is 0 Å². The van der Waals surface area contributed by atoms with Gasteiger partial charge >= 0.3 is 0 Å². The molecule has 0 unspecified atom stereocenters. The standard InChI is InChI=1S/C9H5O2Si/c10-7-5-9(12)11-8-4-2-1-3-6(7)8/h1-5H. The summed E-state index contributed by atoms with van der Waals surface area (Å²) in [6, 6.07) is 8.57. The van der Waals surface area contributed by atoms with E-state index in [1.807, 2.05) is 12.1 Å². The van der Waals surface area contributed by atoms with Gasteiger partial charge in [-0.05, 0) is 12.1 Å². The average molecular weight is 173 g/mol. The summed E-state index contributed by atoms with van der Waals surface area (Å²) < 4.78 is 5.26. The first kappa shape index (κ1) is 7.30. The van der Waals surface area contributed by atoms with Crippen molar-refractivity contribution >= 4 is 26.6 Å². The molecule has 57 valence electrons. The van der Waals surface area contributed by atoms with E-state index < -0.39 is 0 Å². The molecule has 0 aliphatic carbocycles. The Balaban J connectivity index is 2.99. The lowest BCUT2D eigenvalue weighted by Gasteiger charge is -1.96. The van der Waals surface area contributed by atoms with Crippen molar-refractivity contribution in [3.05, 3.63) is 40.6 Å². The Morgan fingerprint density at radius 3 is 2.83 bits per heavy atom. The first-order valence-corrected chi connectivity index (χ1v) is 4.02. The molecule has 0 fully saturated rings. The molecular weight excluding hydrogens is 168 g/mol. The Labute approximate surface area is 72.3 Å². The molecular formula is C9H5O2Si. The molecule has 0 spiro atoms. The number of hydrogen-bond donors (Lipinski definition) is 0. The van der Waals surface area contributed by atoms with E-state index in [9.17, 15) is 4.79 Å². The van der Waals surface area contributed by atoms with E-state index in [0.717, 1.165) is 0 Å². The van der Waals surface area contributed by atoms with E-state index in [1.165, 1.54) is 6.07 Å². The third-order valence-electron chi connectivity index (χ3n) is 1.63. The van der Waals surface area contributed by atoms with Gasteiger partial charge in [0, 0.05) is 6.07 Å². The van der Waals surface area contributed by atoms with Crippen LogP contribution in [-0.2, 0) is 0 Å². The SMILES string of the molecule is O=c1cc([Si])oc2ccccc12. The minimum atomic E-state index is -0.0261. The van der Waals surface area contributed by atoms with Gasteiger partial charge in [0.1, 0.15) is 15.8 Å². The zero-order valence-electron chi connectivity index (χ0n) is 6.20. The zero-order chi connectivity index (χ0) is 8.55. The van der Waals surface area contributed by atoms with Gasteiger partial charge in [0.05, 0.1) is 10.8 Å². The van der Waals surface area contributed by atoms with Crippen LogP contribution in [0.25, 0.3) is 11.0 Å². The van der Waals surface area contributed by atoms with Crippen molar-refractivity contribution in [3.8, 4) is 0 Å². The second-order valence-electron chi connectivity index (χ2n) is 2.47. The topological polar surface area (TPSA) is 30.2 Å². The fourth-order valence-electron chi connectivity index (χ4n) is 1.10. The molecule has 0 N–H and O–H groups in total. The molecule has 12 heavy (non-hydrogen) atoms. The molecule has 1 heterocycles. The van der Waals surface area contributed by atoms with Gasteiger partial charge < -0.3 is 4.42 Å². The Hall–Kier alpha value is -1.35. The Bertz CT molecular complexity index is 473. The van der Waals surface area contributed by atoms with Gasteiger partial charge in [0.25, 0.3) is 0 Å². The third kappa shape index (κ3) is 1.08. The molecule has 3 heteroatoms. The van der Waals surface area contributed by atoms with Crippen LogP contribution in [0.5, 0.6) is 0 Å². The van der Waals surface area contributed by atoms with Crippen LogP contribution in [0.15, 0.2) is 39.5 Å². The molecule has 2 nitrogen and oxygen atoms in total. The highest BCUT2D eigenvalue weighted by Gasteiger charge is 1.98. The molecule has 0 aliphatic heterocycles. The van der Waals surface area contributed by atoms with Crippen molar-refractivity contribution in [2.24, 2.45) is 0 Å². The molecule has 1 aromatic heterocycles. The number of benzene rings is 1. The fourth-order valence-corrected chi connectivity index (χ4v) is 1.34. The van der Waals surface area contributed by atoms with E-state index in [4.69, 9.17) is 4.42 Å². The first-order chi connectivity index (χ1) is 5.77. The Morgan fingerprint density at radius 1 is 1.25 bits per heavy atom. The lowest BCUT2D eigenvalue weighted by Crippen LogP contribution is -2.11. The molecule has 2 rings (SSSR count). The van der Waals surface area contributed by atoms with Gasteiger partial charge in [-0.15, -0.1) is 0 Å². The van der Waals surface area contributed by atoms with Crippen LogP contribution in [0.3, 0.4) is 0 Å². The second-order valence-corrected chi connectivity index (χ2v) is 2.96. The van der Waals surface area contributed by atoms with Crippen LogP contribution in [0.4, 0.5) is 0 Å². The van der Waals surface area contributed by atoms with Crippen molar-refractivity contribution in [2.75, 3.05) is 0 Å². The molecule has 3 radical (unpaired) electrons. The van der Waals surface area contributed by atoms with Crippen LogP contribution in [0, 0.1) is 0 Å². The van der Waals surface area contributed by atoms with Crippen molar-refractivity contribution in [1.82, 2.24) is 0 Å². The largest absolute Gasteiger partial charge is 0.467 e. The maximum absolute atomic E-state index is 11.3. The summed E-state index contributed by atoms with van der Waals surface area (Å²) in [4.78, 5) is 11.3. The lowest BCUT2D eigenvalue weighted by atomic mass is 10.2. The van der Waals surface area contributed by atoms with E-state index in [-0.39, 0.29) is 5.43 Å². The highest BCUT2D eigenvalue weighted by molar-refractivity contribution is 6.30. The maximum Gasteiger partial charge on any atom is 0.192 e. The predicted molar refractivity (Wildman–Crippen MR) is 47.9 cm³/mol. The quantitative estimate of drug-likeness (QED) is 0.546. The van der Waals surface area contributed by atoms with Crippen LogP contribution in [-0.4, -0.2) is 10.2 Å². The zero-order valence-corrected chi connectivity index (χ0v) is 7.20. The van der Waals surface area contributed by atoms with Crippen LogP contribution < -0.4 is 10.8 Å². The summed E-state index contributed by atoms with van der Waals surface area (Å²) >= 11 is 0. The molecule has 0 bridgehead atoms. The normalized spacial score (nSPS) is 10.4. The third-order valence-corrected chi connectivity index (χ3v) is 1.88. The first-order valence-electron chi connectivity index (χ1n) is 3.52. The molecule has 1 aromatic carbocycles. The summed E-state index contributed by atoms with van der Waals surface area (Å²) in [5.74, 6) is 0. The minimum absolute atomic E-state index is 0.0261. The summed E-state index contributed by atoms with van der Waals surface area (Å²) in [5.41, 5.74) is 0.580. The number of rotatable bonds is 0. The predicted octanol–water partition coefficient (Wildman–Crippen LogP) is 0.587. The van der Waals surface area contributed by atoms with Gasteiger partial charge in [0.15, 0.2) is 5.43 Å². The second kappa shape index (κ2) is 2.60.